The topological polar surface area (TPSA) is 117 Å². The van der Waals surface area contributed by atoms with Crippen molar-refractivity contribution in [2.24, 2.45) is 0 Å². The van der Waals surface area contributed by atoms with Crippen LogP contribution in [0.15, 0.2) is 36.4 Å². The molecule has 202 valence electrons. The maximum atomic E-state index is 12.5. The SMILES string of the molecule is O=S(=O)(C1CC1)N1CCN(c2ccc(-c3cc4nc(O[C@@H]5CO[C@H]6[C@@H]5OC[C@H]6O)[nH]c4cc3Cl)cc2)CC1. The van der Waals surface area contributed by atoms with Crippen LogP contribution in [0.25, 0.3) is 22.2 Å². The van der Waals surface area contributed by atoms with E-state index in [1.807, 2.05) is 36.4 Å². The average Bonchev–Trinajstić information content (AvgIpc) is 3.48. The van der Waals surface area contributed by atoms with Gasteiger partial charge in [-0.3, -0.25) is 0 Å². The van der Waals surface area contributed by atoms with E-state index in [-0.39, 0.29) is 30.2 Å². The molecule has 10 nitrogen and oxygen atoms in total. The Balaban J connectivity index is 1.05. The highest BCUT2D eigenvalue weighted by Crippen LogP contribution is 2.35. The Bertz CT molecular complexity index is 1450. The van der Waals surface area contributed by atoms with E-state index in [9.17, 15) is 13.5 Å². The molecule has 0 spiro atoms. The minimum Gasteiger partial charge on any atom is -0.456 e. The number of H-pyrrole nitrogens is 1. The molecular weight excluding hydrogens is 532 g/mol. The van der Waals surface area contributed by atoms with E-state index < -0.39 is 16.1 Å². The van der Waals surface area contributed by atoms with Gasteiger partial charge in [0, 0.05) is 37.4 Å². The van der Waals surface area contributed by atoms with Crippen LogP contribution in [0.1, 0.15) is 12.8 Å². The van der Waals surface area contributed by atoms with Gasteiger partial charge in [-0.1, -0.05) is 23.7 Å². The molecule has 7 rings (SSSR count). The number of imidazole rings is 1. The lowest BCUT2D eigenvalue weighted by atomic mass is 10.0. The number of aliphatic hydroxyl groups excluding tert-OH is 1. The third-order valence-corrected chi connectivity index (χ3v) is 10.6. The van der Waals surface area contributed by atoms with E-state index in [1.165, 1.54) is 0 Å². The number of rotatable bonds is 6. The number of aromatic amines is 1. The van der Waals surface area contributed by atoms with Crippen LogP contribution in [0, 0.1) is 0 Å². The Hall–Kier alpha value is -2.41. The molecule has 3 aromatic rings. The fraction of sp³-hybridized carbons (Fsp3) is 0.500. The number of hydrogen-bond donors (Lipinski definition) is 2. The lowest BCUT2D eigenvalue weighted by Crippen LogP contribution is -2.49. The van der Waals surface area contributed by atoms with Crippen LogP contribution in [0.2, 0.25) is 5.02 Å². The second kappa shape index (κ2) is 9.35. The summed E-state index contributed by atoms with van der Waals surface area (Å²) in [4.78, 5) is 9.98. The predicted molar refractivity (Wildman–Crippen MR) is 142 cm³/mol. The van der Waals surface area contributed by atoms with Gasteiger partial charge in [0.25, 0.3) is 6.01 Å². The third-order valence-electron chi connectivity index (χ3n) is 7.88. The Kier molecular flexibility index (Phi) is 6.06. The molecule has 4 fully saturated rings. The number of nitrogens with one attached hydrogen (secondary N) is 1. The summed E-state index contributed by atoms with van der Waals surface area (Å²) in [5.74, 6) is 0. The minimum atomic E-state index is -3.12. The highest BCUT2D eigenvalue weighted by molar-refractivity contribution is 7.90. The van der Waals surface area contributed by atoms with E-state index in [4.69, 9.17) is 25.8 Å². The number of ether oxygens (including phenoxy) is 3. The van der Waals surface area contributed by atoms with E-state index >= 15 is 0 Å². The monoisotopic (exact) mass is 560 g/mol. The minimum absolute atomic E-state index is 0.160. The molecule has 0 radical (unpaired) electrons. The van der Waals surface area contributed by atoms with Gasteiger partial charge in [-0.2, -0.15) is 9.29 Å². The quantitative estimate of drug-likeness (QED) is 0.472. The summed E-state index contributed by atoms with van der Waals surface area (Å²) >= 11 is 6.65. The first-order chi connectivity index (χ1) is 18.4. The number of hydrogen-bond acceptors (Lipinski definition) is 8. The van der Waals surface area contributed by atoms with Gasteiger partial charge in [0.1, 0.15) is 18.3 Å². The molecule has 0 amide bonds. The van der Waals surface area contributed by atoms with Gasteiger partial charge in [0.05, 0.1) is 34.5 Å². The van der Waals surface area contributed by atoms with Crippen molar-refractivity contribution in [2.75, 3.05) is 44.3 Å². The Morgan fingerprint density at radius 2 is 1.76 bits per heavy atom. The molecule has 12 heteroatoms. The zero-order valence-electron chi connectivity index (χ0n) is 20.6. The molecule has 1 saturated carbocycles. The molecule has 38 heavy (non-hydrogen) atoms. The number of aliphatic hydroxyl groups is 1. The molecular formula is C26H29ClN4O6S. The molecule has 0 bridgehead atoms. The standard InChI is InChI=1S/C26H29ClN4O6S/c27-19-12-21-20(28-26(29-21)37-23-14-36-24-22(32)13-35-25(23)24)11-18(19)15-1-3-16(4-2-15)30-7-9-31(10-8-30)38(33,34)17-5-6-17/h1-4,11-12,17,22-25,32H,5-10,13-14H2,(H,28,29)/t22-,23-,24-,25-/m1/s1. The summed E-state index contributed by atoms with van der Waals surface area (Å²) in [6, 6.07) is 12.3. The van der Waals surface area contributed by atoms with Crippen LogP contribution in [-0.4, -0.2) is 96.9 Å². The van der Waals surface area contributed by atoms with Gasteiger partial charge in [0.15, 0.2) is 6.10 Å². The first-order valence-electron chi connectivity index (χ1n) is 13.0. The Labute approximate surface area is 225 Å². The first-order valence-corrected chi connectivity index (χ1v) is 14.9. The highest BCUT2D eigenvalue weighted by Gasteiger charge is 2.48. The molecule has 4 atom stereocenters. The molecule has 3 aliphatic heterocycles. The van der Waals surface area contributed by atoms with Crippen LogP contribution in [0.5, 0.6) is 6.01 Å². The van der Waals surface area contributed by atoms with Crippen molar-refractivity contribution < 1.29 is 27.7 Å². The van der Waals surface area contributed by atoms with E-state index in [0.29, 0.717) is 43.8 Å². The lowest BCUT2D eigenvalue weighted by Gasteiger charge is -2.35. The number of fused-ring (bicyclic) bond motifs is 2. The summed E-state index contributed by atoms with van der Waals surface area (Å²) in [5, 5.41) is 10.4. The summed E-state index contributed by atoms with van der Waals surface area (Å²) in [7, 11) is -3.12. The van der Waals surface area contributed by atoms with Crippen LogP contribution in [0.3, 0.4) is 0 Å². The first kappa shape index (κ1) is 24.6. The van der Waals surface area contributed by atoms with Crippen molar-refractivity contribution in [2.45, 2.75) is 42.5 Å². The maximum absolute atomic E-state index is 12.5. The molecule has 2 aromatic carbocycles. The molecule has 4 aliphatic rings. The largest absolute Gasteiger partial charge is 0.456 e. The summed E-state index contributed by atoms with van der Waals surface area (Å²) in [6.07, 6.45) is -0.0849. The van der Waals surface area contributed by atoms with E-state index in [2.05, 4.69) is 14.9 Å². The summed E-state index contributed by atoms with van der Waals surface area (Å²) in [6.45, 7) is 2.96. The van der Waals surface area contributed by atoms with Gasteiger partial charge in [-0.15, -0.1) is 0 Å². The average molecular weight is 561 g/mol. The number of halogens is 1. The van der Waals surface area contributed by atoms with Crippen LogP contribution < -0.4 is 9.64 Å². The smallest absolute Gasteiger partial charge is 0.295 e. The van der Waals surface area contributed by atoms with Gasteiger partial charge in [-0.05, 0) is 42.7 Å². The number of aromatic nitrogens is 2. The van der Waals surface area contributed by atoms with Crippen molar-refractivity contribution in [3.05, 3.63) is 41.4 Å². The maximum Gasteiger partial charge on any atom is 0.295 e. The molecule has 3 saturated heterocycles. The number of nitrogens with zero attached hydrogens (tertiary/aromatic N) is 3. The van der Waals surface area contributed by atoms with Crippen LogP contribution >= 0.6 is 11.6 Å². The second-order valence-electron chi connectivity index (χ2n) is 10.4. The predicted octanol–water partition coefficient (Wildman–Crippen LogP) is 2.40. The number of piperazine rings is 1. The second-order valence-corrected chi connectivity index (χ2v) is 13.0. The van der Waals surface area contributed by atoms with E-state index in [0.717, 1.165) is 40.7 Å². The summed E-state index contributed by atoms with van der Waals surface area (Å²) < 4.78 is 44.0. The number of benzene rings is 2. The fourth-order valence-electron chi connectivity index (χ4n) is 5.60. The molecule has 2 N–H and O–H groups in total. The van der Waals surface area contributed by atoms with Crippen LogP contribution in [-0.2, 0) is 19.5 Å². The van der Waals surface area contributed by atoms with Crippen molar-refractivity contribution in [3.8, 4) is 17.1 Å². The normalized spacial score (nSPS) is 28.2. The highest BCUT2D eigenvalue weighted by atomic mass is 35.5. The lowest BCUT2D eigenvalue weighted by molar-refractivity contribution is 0.00706. The van der Waals surface area contributed by atoms with Crippen molar-refractivity contribution >= 4 is 38.3 Å². The molecule has 1 aromatic heterocycles. The van der Waals surface area contributed by atoms with E-state index in [1.54, 1.807) is 4.31 Å². The van der Waals surface area contributed by atoms with Crippen molar-refractivity contribution in [3.63, 3.8) is 0 Å². The molecule has 0 unspecified atom stereocenters. The number of sulfonamides is 1. The van der Waals surface area contributed by atoms with Gasteiger partial charge in [-0.25, -0.2) is 8.42 Å². The summed E-state index contributed by atoms with van der Waals surface area (Å²) in [5.41, 5.74) is 4.35. The molecule has 4 heterocycles. The van der Waals surface area contributed by atoms with Crippen molar-refractivity contribution in [1.82, 2.24) is 14.3 Å². The third kappa shape index (κ3) is 4.35. The van der Waals surface area contributed by atoms with Crippen molar-refractivity contribution in [1.29, 1.82) is 0 Å². The zero-order valence-corrected chi connectivity index (χ0v) is 22.2. The van der Waals surface area contributed by atoms with Crippen LogP contribution in [0.4, 0.5) is 5.69 Å². The van der Waals surface area contributed by atoms with Gasteiger partial charge >= 0.3 is 0 Å². The number of anilines is 1. The fourth-order valence-corrected chi connectivity index (χ4v) is 7.70. The van der Waals surface area contributed by atoms with Gasteiger partial charge < -0.3 is 29.2 Å². The van der Waals surface area contributed by atoms with Gasteiger partial charge in [0.2, 0.25) is 10.0 Å². The Morgan fingerprint density at radius 1 is 1.03 bits per heavy atom. The molecule has 1 aliphatic carbocycles. The zero-order chi connectivity index (χ0) is 26.0. The Morgan fingerprint density at radius 3 is 2.50 bits per heavy atom.